The van der Waals surface area contributed by atoms with E-state index in [4.69, 9.17) is 28.4 Å². The van der Waals surface area contributed by atoms with Crippen molar-refractivity contribution in [3.8, 4) is 34.5 Å². The summed E-state index contributed by atoms with van der Waals surface area (Å²) >= 11 is 0. The van der Waals surface area contributed by atoms with Crippen LogP contribution < -0.4 is 14.2 Å². The second-order valence-corrected chi connectivity index (χ2v) is 11.8. The number of methoxy groups -OCH3 is 3. The fourth-order valence-corrected chi connectivity index (χ4v) is 6.38. The van der Waals surface area contributed by atoms with Gasteiger partial charge in [0.2, 0.25) is 0 Å². The third kappa shape index (κ3) is 6.95. The van der Waals surface area contributed by atoms with Crippen molar-refractivity contribution in [2.75, 3.05) is 41.2 Å². The van der Waals surface area contributed by atoms with Crippen LogP contribution >= 0.6 is 0 Å². The summed E-state index contributed by atoms with van der Waals surface area (Å²) in [5.41, 5.74) is 2.27. The van der Waals surface area contributed by atoms with Crippen molar-refractivity contribution in [3.63, 3.8) is 0 Å². The Balaban J connectivity index is 1.38. The summed E-state index contributed by atoms with van der Waals surface area (Å²) in [7, 11) is 4.17. The molecular weight excluding hydrogens is 632 g/mol. The average molecular weight is 673 g/mol. The molecule has 0 bridgehead atoms. The predicted molar refractivity (Wildman–Crippen MR) is 167 cm³/mol. The highest BCUT2D eigenvalue weighted by atomic mass is 16.7. The Hall–Kier alpha value is -4.31. The number of carbonyl (C=O) groups excluding carboxylic acids is 1. The van der Waals surface area contributed by atoms with Crippen LogP contribution in [-0.4, -0.2) is 114 Å². The van der Waals surface area contributed by atoms with E-state index in [9.17, 15) is 40.5 Å². The first-order valence-electron chi connectivity index (χ1n) is 15.2. The van der Waals surface area contributed by atoms with Gasteiger partial charge in [-0.25, -0.2) is 4.79 Å². The van der Waals surface area contributed by atoms with Gasteiger partial charge in [-0.1, -0.05) is 6.07 Å². The van der Waals surface area contributed by atoms with Crippen LogP contribution in [0.1, 0.15) is 33.0 Å². The van der Waals surface area contributed by atoms with E-state index in [0.717, 1.165) is 11.1 Å². The smallest absolute Gasteiger partial charge is 0.338 e. The van der Waals surface area contributed by atoms with Crippen molar-refractivity contribution in [3.05, 3.63) is 70.8 Å². The molecule has 1 aliphatic heterocycles. The molecule has 0 spiro atoms. The zero-order chi connectivity index (χ0) is 34.7. The number of ether oxygens (including phenoxy) is 6. The first kappa shape index (κ1) is 35.0. The standard InChI is InChI=1S/C34H40O14/c1-43-25-9-16(4-6-22(25)36)29-20-12-24(38)27(45-3)11-18(20)8-19(13-35)21(29)14-47-34-32(41)31(40)30(39)28(48-34)15-46-33(42)17-5-7-23(37)26(10-17)44-2/h4-7,9-12,19,21,28-32,34-41H,8,13-15H2,1-3H3/t19-,21-,28-,29-,30-,31+,32-,34-/m1/s1. The van der Waals surface area contributed by atoms with Crippen molar-refractivity contribution in [2.45, 2.75) is 43.0 Å². The molecule has 0 saturated carbocycles. The number of phenolic OH excluding ortho intramolecular Hbond substituents is 3. The molecule has 5 rings (SSSR count). The fourth-order valence-electron chi connectivity index (χ4n) is 6.38. The number of benzene rings is 3. The molecule has 1 aliphatic carbocycles. The van der Waals surface area contributed by atoms with Gasteiger partial charge in [0.25, 0.3) is 0 Å². The zero-order valence-corrected chi connectivity index (χ0v) is 26.6. The quantitative estimate of drug-likeness (QED) is 0.144. The third-order valence-corrected chi connectivity index (χ3v) is 9.00. The van der Waals surface area contributed by atoms with E-state index in [0.29, 0.717) is 12.0 Å². The van der Waals surface area contributed by atoms with Gasteiger partial charge in [-0.05, 0) is 77.4 Å². The molecule has 3 aromatic carbocycles. The maximum Gasteiger partial charge on any atom is 0.338 e. The number of aromatic hydroxyl groups is 3. The van der Waals surface area contributed by atoms with Crippen LogP contribution in [0.25, 0.3) is 0 Å². The number of rotatable bonds is 11. The number of aliphatic hydroxyl groups excluding tert-OH is 4. The van der Waals surface area contributed by atoms with Gasteiger partial charge in [-0.3, -0.25) is 0 Å². The lowest BCUT2D eigenvalue weighted by atomic mass is 9.67. The number of phenols is 3. The third-order valence-electron chi connectivity index (χ3n) is 9.00. The number of aliphatic hydroxyl groups is 4. The topological polar surface area (TPSA) is 214 Å². The molecular formula is C34H40O14. The minimum atomic E-state index is -1.72. The highest BCUT2D eigenvalue weighted by Gasteiger charge is 2.46. The van der Waals surface area contributed by atoms with E-state index >= 15 is 0 Å². The van der Waals surface area contributed by atoms with Crippen molar-refractivity contribution >= 4 is 5.97 Å². The first-order chi connectivity index (χ1) is 23.0. The van der Waals surface area contributed by atoms with E-state index in [1.54, 1.807) is 24.3 Å². The molecule has 48 heavy (non-hydrogen) atoms. The summed E-state index contributed by atoms with van der Waals surface area (Å²) in [5, 5.41) is 73.4. The maximum absolute atomic E-state index is 12.7. The molecule has 0 radical (unpaired) electrons. The SMILES string of the molecule is COc1cc(C(=O)OC[C@H]2O[C@@H](OC[C@@H]3[C@@H](CO)Cc4cc(OC)c(O)cc4[C@H]3c3ccc(O)c(OC)c3)[C@H](O)[C@@H](O)[C@@H]2O)ccc1O. The number of esters is 1. The second-order valence-electron chi connectivity index (χ2n) is 11.8. The van der Waals surface area contributed by atoms with Crippen LogP contribution in [-0.2, 0) is 20.6 Å². The summed E-state index contributed by atoms with van der Waals surface area (Å²) in [6.45, 7) is -0.895. The van der Waals surface area contributed by atoms with Gasteiger partial charge in [0.15, 0.2) is 40.8 Å². The van der Waals surface area contributed by atoms with Crippen molar-refractivity contribution in [1.82, 2.24) is 0 Å². The Labute approximate surface area is 276 Å². The lowest BCUT2D eigenvalue weighted by molar-refractivity contribution is -0.304. The molecule has 0 unspecified atom stereocenters. The maximum atomic E-state index is 12.7. The lowest BCUT2D eigenvalue weighted by Gasteiger charge is -2.43. The molecule has 0 aromatic heterocycles. The molecule has 8 atom stereocenters. The Kier molecular flexibility index (Phi) is 10.8. The molecule has 14 nitrogen and oxygen atoms in total. The highest BCUT2D eigenvalue weighted by Crippen LogP contribution is 2.48. The molecule has 3 aromatic rings. The molecule has 260 valence electrons. The van der Waals surface area contributed by atoms with Gasteiger partial charge in [0.05, 0.1) is 33.5 Å². The molecule has 2 aliphatic rings. The zero-order valence-electron chi connectivity index (χ0n) is 26.6. The number of fused-ring (bicyclic) bond motifs is 1. The van der Waals surface area contributed by atoms with E-state index in [2.05, 4.69) is 0 Å². The largest absolute Gasteiger partial charge is 0.504 e. The van der Waals surface area contributed by atoms with Gasteiger partial charge in [0.1, 0.15) is 31.0 Å². The summed E-state index contributed by atoms with van der Waals surface area (Å²) in [5.74, 6) is -2.05. The van der Waals surface area contributed by atoms with Crippen LogP contribution in [0.15, 0.2) is 48.5 Å². The molecule has 1 fully saturated rings. The summed E-state index contributed by atoms with van der Waals surface area (Å²) < 4.78 is 32.9. The lowest BCUT2D eigenvalue weighted by Crippen LogP contribution is -2.59. The number of carbonyl (C=O) groups is 1. The van der Waals surface area contributed by atoms with Crippen LogP contribution in [0, 0.1) is 11.8 Å². The van der Waals surface area contributed by atoms with Crippen LogP contribution in [0.5, 0.6) is 34.5 Å². The summed E-state index contributed by atoms with van der Waals surface area (Å²) in [6, 6.07) is 12.0. The molecule has 14 heteroatoms. The van der Waals surface area contributed by atoms with E-state index in [1.807, 2.05) is 0 Å². The molecule has 7 N–H and O–H groups in total. The van der Waals surface area contributed by atoms with Crippen molar-refractivity contribution in [1.29, 1.82) is 0 Å². The minimum Gasteiger partial charge on any atom is -0.504 e. The number of hydrogen-bond acceptors (Lipinski definition) is 14. The monoisotopic (exact) mass is 672 g/mol. The Morgan fingerprint density at radius 3 is 2.10 bits per heavy atom. The Bertz CT molecular complexity index is 1590. The average Bonchev–Trinajstić information content (AvgIpc) is 3.09. The highest BCUT2D eigenvalue weighted by molar-refractivity contribution is 5.90. The Morgan fingerprint density at radius 2 is 1.44 bits per heavy atom. The van der Waals surface area contributed by atoms with Crippen molar-refractivity contribution < 1.29 is 69.0 Å². The minimum absolute atomic E-state index is 0.0512. The first-order valence-corrected chi connectivity index (χ1v) is 15.2. The summed E-state index contributed by atoms with van der Waals surface area (Å²) in [6.07, 6.45) is -7.41. The predicted octanol–water partition coefficient (Wildman–Crippen LogP) is 1.42. The molecule has 0 amide bonds. The fraction of sp³-hybridized carbons (Fsp3) is 0.441. The Morgan fingerprint density at radius 1 is 0.792 bits per heavy atom. The van der Waals surface area contributed by atoms with Gasteiger partial charge in [-0.15, -0.1) is 0 Å². The van der Waals surface area contributed by atoms with Gasteiger partial charge >= 0.3 is 5.97 Å². The summed E-state index contributed by atoms with van der Waals surface area (Å²) in [4.78, 5) is 12.7. The molecule has 1 saturated heterocycles. The van der Waals surface area contributed by atoms with Crippen molar-refractivity contribution in [2.24, 2.45) is 11.8 Å². The van der Waals surface area contributed by atoms with Crippen LogP contribution in [0.4, 0.5) is 0 Å². The van der Waals surface area contributed by atoms with E-state index in [1.165, 1.54) is 45.6 Å². The van der Waals surface area contributed by atoms with Gasteiger partial charge in [-0.2, -0.15) is 0 Å². The normalized spacial score (nSPS) is 26.7. The van der Waals surface area contributed by atoms with Gasteiger partial charge < -0.3 is 64.2 Å². The van der Waals surface area contributed by atoms with Crippen LogP contribution in [0.2, 0.25) is 0 Å². The van der Waals surface area contributed by atoms with Crippen LogP contribution in [0.3, 0.4) is 0 Å². The van der Waals surface area contributed by atoms with E-state index in [-0.39, 0.29) is 53.3 Å². The second kappa shape index (κ2) is 14.8. The van der Waals surface area contributed by atoms with E-state index < -0.39 is 61.0 Å². The van der Waals surface area contributed by atoms with Gasteiger partial charge in [0, 0.05) is 12.5 Å². The molecule has 1 heterocycles. The number of hydrogen-bond donors (Lipinski definition) is 7.